The molecule has 2 N–H and O–H groups in total. The maximum atomic E-state index is 12.2. The molecule has 0 aliphatic rings. The Hall–Kier alpha value is -1.89. The summed E-state index contributed by atoms with van der Waals surface area (Å²) < 4.78 is 2.59. The van der Waals surface area contributed by atoms with Gasteiger partial charge >= 0.3 is 5.69 Å². The van der Waals surface area contributed by atoms with Crippen molar-refractivity contribution in [3.8, 4) is 0 Å². The van der Waals surface area contributed by atoms with Gasteiger partial charge in [0.2, 0.25) is 0 Å². The highest BCUT2D eigenvalue weighted by atomic mass is 16.3. The van der Waals surface area contributed by atoms with Crippen LogP contribution in [0.15, 0.2) is 15.9 Å². The zero-order valence-corrected chi connectivity index (χ0v) is 12.7. The molecule has 0 aromatic carbocycles. The van der Waals surface area contributed by atoms with Crippen LogP contribution >= 0.6 is 0 Å². The maximum absolute atomic E-state index is 12.2. The number of aromatic nitrogens is 4. The largest absolute Gasteiger partial charge is 0.390 e. The fraction of sp³-hybridized carbons (Fsp3) is 0.643. The second kappa shape index (κ2) is 5.85. The number of hydrogen-bond acceptors (Lipinski definition) is 4. The number of aromatic amines is 1. The minimum Gasteiger partial charge on any atom is -0.390 e. The van der Waals surface area contributed by atoms with Gasteiger partial charge in [-0.25, -0.2) is 9.78 Å². The van der Waals surface area contributed by atoms with Crippen LogP contribution in [-0.4, -0.2) is 29.8 Å². The van der Waals surface area contributed by atoms with Crippen molar-refractivity contribution in [2.45, 2.75) is 51.7 Å². The molecule has 0 amide bonds. The zero-order valence-electron chi connectivity index (χ0n) is 12.7. The summed E-state index contributed by atoms with van der Waals surface area (Å²) in [6, 6.07) is 0. The van der Waals surface area contributed by atoms with Crippen LogP contribution in [0, 0.1) is 0 Å². The molecule has 0 saturated carbocycles. The minimum atomic E-state index is -0.677. The predicted octanol–water partition coefficient (Wildman–Crippen LogP) is 0.755. The summed E-state index contributed by atoms with van der Waals surface area (Å²) in [6.07, 6.45) is 4.19. The van der Waals surface area contributed by atoms with Gasteiger partial charge in [0.1, 0.15) is 5.52 Å². The van der Waals surface area contributed by atoms with Gasteiger partial charge in [0, 0.05) is 13.6 Å². The van der Waals surface area contributed by atoms with Gasteiger partial charge in [0.15, 0.2) is 5.65 Å². The number of hydrogen-bond donors (Lipinski definition) is 2. The number of fused-ring (bicyclic) bond motifs is 1. The lowest BCUT2D eigenvalue weighted by Crippen LogP contribution is -2.39. The monoisotopic (exact) mass is 294 g/mol. The van der Waals surface area contributed by atoms with Gasteiger partial charge < -0.3 is 10.1 Å². The first-order valence-electron chi connectivity index (χ1n) is 7.22. The Morgan fingerprint density at radius 2 is 2.10 bits per heavy atom. The molecule has 0 aliphatic heterocycles. The van der Waals surface area contributed by atoms with E-state index in [1.807, 2.05) is 6.92 Å². The standard InChI is InChI=1S/C14H22N4O3/c1-4-14(2,21)7-5-6-8-18-12(19)10-11(16-9-15-10)17(3)13(18)20/h9,21H,4-8H2,1-3H3,(H,15,16). The van der Waals surface area contributed by atoms with E-state index in [2.05, 4.69) is 9.97 Å². The highest BCUT2D eigenvalue weighted by Crippen LogP contribution is 2.17. The predicted molar refractivity (Wildman–Crippen MR) is 80.4 cm³/mol. The summed E-state index contributed by atoms with van der Waals surface area (Å²) in [6.45, 7) is 4.08. The fourth-order valence-electron chi connectivity index (χ4n) is 2.34. The Kier molecular flexibility index (Phi) is 4.32. The van der Waals surface area contributed by atoms with Gasteiger partial charge in [0.05, 0.1) is 11.9 Å². The molecule has 21 heavy (non-hydrogen) atoms. The number of aryl methyl sites for hydroxylation is 1. The van der Waals surface area contributed by atoms with E-state index in [1.54, 1.807) is 14.0 Å². The van der Waals surface area contributed by atoms with E-state index in [-0.39, 0.29) is 11.2 Å². The van der Waals surface area contributed by atoms with Crippen LogP contribution in [0.1, 0.15) is 39.5 Å². The Bertz CT molecular complexity index is 739. The second-order valence-corrected chi connectivity index (χ2v) is 5.71. The van der Waals surface area contributed by atoms with Gasteiger partial charge in [-0.2, -0.15) is 0 Å². The van der Waals surface area contributed by atoms with Crippen LogP contribution in [0.4, 0.5) is 0 Å². The summed E-state index contributed by atoms with van der Waals surface area (Å²) in [5, 5.41) is 9.94. The summed E-state index contributed by atoms with van der Waals surface area (Å²) in [5.41, 5.74) is -0.661. The second-order valence-electron chi connectivity index (χ2n) is 5.71. The van der Waals surface area contributed by atoms with E-state index in [1.165, 1.54) is 15.5 Å². The van der Waals surface area contributed by atoms with Gasteiger partial charge in [-0.05, 0) is 32.6 Å². The Morgan fingerprint density at radius 1 is 1.38 bits per heavy atom. The lowest BCUT2D eigenvalue weighted by Gasteiger charge is -2.20. The molecular formula is C14H22N4O3. The molecular weight excluding hydrogens is 272 g/mol. The Labute approximate surface area is 122 Å². The number of imidazole rings is 1. The van der Waals surface area contributed by atoms with Gasteiger partial charge in [0.25, 0.3) is 5.56 Å². The third-order valence-corrected chi connectivity index (χ3v) is 4.02. The van der Waals surface area contributed by atoms with Crippen molar-refractivity contribution in [1.82, 2.24) is 19.1 Å². The van der Waals surface area contributed by atoms with E-state index in [9.17, 15) is 14.7 Å². The van der Waals surface area contributed by atoms with Gasteiger partial charge in [-0.1, -0.05) is 6.92 Å². The zero-order chi connectivity index (χ0) is 15.6. The molecule has 2 aromatic rings. The topological polar surface area (TPSA) is 92.9 Å². The SMILES string of the molecule is CCC(C)(O)CCCCn1c(=O)c2[nH]cnc2n(C)c1=O. The molecule has 116 valence electrons. The average Bonchev–Trinajstić information content (AvgIpc) is 2.94. The van der Waals surface area contributed by atoms with Crippen LogP contribution in [-0.2, 0) is 13.6 Å². The van der Waals surface area contributed by atoms with Crippen LogP contribution in [0.25, 0.3) is 11.2 Å². The molecule has 2 aromatic heterocycles. The van der Waals surface area contributed by atoms with Crippen molar-refractivity contribution in [3.05, 3.63) is 27.2 Å². The van der Waals surface area contributed by atoms with E-state index < -0.39 is 5.60 Å². The van der Waals surface area contributed by atoms with E-state index in [4.69, 9.17) is 0 Å². The van der Waals surface area contributed by atoms with Crippen molar-refractivity contribution in [1.29, 1.82) is 0 Å². The number of rotatable bonds is 6. The molecule has 1 atom stereocenters. The Balaban J connectivity index is 2.16. The third-order valence-electron chi connectivity index (χ3n) is 4.02. The Morgan fingerprint density at radius 3 is 2.76 bits per heavy atom. The number of H-pyrrole nitrogens is 1. The van der Waals surface area contributed by atoms with Gasteiger partial charge in [-0.3, -0.25) is 13.9 Å². The summed E-state index contributed by atoms with van der Waals surface area (Å²) in [7, 11) is 1.60. The molecule has 0 fully saturated rings. The third kappa shape index (κ3) is 3.07. The van der Waals surface area contributed by atoms with Crippen LogP contribution < -0.4 is 11.2 Å². The maximum Gasteiger partial charge on any atom is 0.332 e. The van der Waals surface area contributed by atoms with Crippen molar-refractivity contribution in [2.75, 3.05) is 0 Å². The average molecular weight is 294 g/mol. The van der Waals surface area contributed by atoms with Crippen LogP contribution in [0.2, 0.25) is 0 Å². The lowest BCUT2D eigenvalue weighted by molar-refractivity contribution is 0.0440. The highest BCUT2D eigenvalue weighted by molar-refractivity contribution is 5.68. The molecule has 0 radical (unpaired) electrons. The van der Waals surface area contributed by atoms with E-state index >= 15 is 0 Å². The van der Waals surface area contributed by atoms with E-state index in [0.29, 0.717) is 37.0 Å². The van der Waals surface area contributed by atoms with Gasteiger partial charge in [-0.15, -0.1) is 0 Å². The van der Waals surface area contributed by atoms with Crippen LogP contribution in [0.5, 0.6) is 0 Å². The molecule has 1 unspecified atom stereocenters. The first-order valence-corrected chi connectivity index (χ1v) is 7.22. The van der Waals surface area contributed by atoms with Crippen molar-refractivity contribution in [2.24, 2.45) is 7.05 Å². The first-order chi connectivity index (χ1) is 9.87. The smallest absolute Gasteiger partial charge is 0.332 e. The molecule has 7 nitrogen and oxygen atoms in total. The molecule has 0 saturated heterocycles. The minimum absolute atomic E-state index is 0.340. The molecule has 0 spiro atoms. The quantitative estimate of drug-likeness (QED) is 0.769. The van der Waals surface area contributed by atoms with Crippen molar-refractivity contribution < 1.29 is 5.11 Å². The lowest BCUT2D eigenvalue weighted by atomic mass is 9.96. The summed E-state index contributed by atoms with van der Waals surface area (Å²) >= 11 is 0. The number of nitrogens with zero attached hydrogens (tertiary/aromatic N) is 3. The summed E-state index contributed by atoms with van der Waals surface area (Å²) in [5.74, 6) is 0. The molecule has 0 bridgehead atoms. The molecule has 7 heteroatoms. The van der Waals surface area contributed by atoms with Crippen LogP contribution in [0.3, 0.4) is 0 Å². The van der Waals surface area contributed by atoms with Crippen molar-refractivity contribution >= 4 is 11.2 Å². The number of unbranched alkanes of at least 4 members (excludes halogenated alkanes) is 1. The summed E-state index contributed by atoms with van der Waals surface area (Å²) in [4.78, 5) is 31.2. The molecule has 2 rings (SSSR count). The van der Waals surface area contributed by atoms with Crippen molar-refractivity contribution in [3.63, 3.8) is 0 Å². The number of aliphatic hydroxyl groups is 1. The van der Waals surface area contributed by atoms with E-state index in [0.717, 1.165) is 6.42 Å². The normalized spacial score (nSPS) is 14.5. The molecule has 2 heterocycles. The highest BCUT2D eigenvalue weighted by Gasteiger charge is 2.17. The number of nitrogens with one attached hydrogen (secondary N) is 1. The molecule has 0 aliphatic carbocycles. The fourth-order valence-corrected chi connectivity index (χ4v) is 2.34. The first kappa shape index (κ1) is 15.5.